The van der Waals surface area contributed by atoms with Gasteiger partial charge in [-0.2, -0.15) is 0 Å². The summed E-state index contributed by atoms with van der Waals surface area (Å²) in [4.78, 5) is 24.1. The van der Waals surface area contributed by atoms with Gasteiger partial charge in [-0.3, -0.25) is 9.59 Å². The number of rotatable bonds is 8. The fourth-order valence-electron chi connectivity index (χ4n) is 2.42. The van der Waals surface area contributed by atoms with Gasteiger partial charge in [-0.15, -0.1) is 0 Å². The van der Waals surface area contributed by atoms with Crippen molar-refractivity contribution in [2.75, 3.05) is 18.5 Å². The molecule has 0 atom stereocenters. The van der Waals surface area contributed by atoms with E-state index in [-0.39, 0.29) is 23.4 Å². The van der Waals surface area contributed by atoms with Gasteiger partial charge in [-0.25, -0.2) is 0 Å². The van der Waals surface area contributed by atoms with Gasteiger partial charge >= 0.3 is 0 Å². The summed E-state index contributed by atoms with van der Waals surface area (Å²) in [5, 5.41) is 5.77. The predicted molar refractivity (Wildman–Crippen MR) is 109 cm³/mol. The van der Waals surface area contributed by atoms with E-state index in [1.54, 1.807) is 18.2 Å². The topological polar surface area (TPSA) is 67.4 Å². The number of amides is 2. The van der Waals surface area contributed by atoms with Gasteiger partial charge in [0.05, 0.1) is 10.6 Å². The summed E-state index contributed by atoms with van der Waals surface area (Å²) in [6, 6.07) is 12.5. The molecular weight excluding hydrogens is 364 g/mol. The van der Waals surface area contributed by atoms with Crippen LogP contribution in [0.2, 0.25) is 5.02 Å². The van der Waals surface area contributed by atoms with Crippen LogP contribution < -0.4 is 15.4 Å². The molecule has 2 aromatic carbocycles. The minimum Gasteiger partial charge on any atom is -0.484 e. The highest BCUT2D eigenvalue weighted by Gasteiger charge is 2.12. The Kier molecular flexibility index (Phi) is 7.67. The molecule has 0 aromatic heterocycles. The first-order valence-electron chi connectivity index (χ1n) is 9.01. The Morgan fingerprint density at radius 2 is 1.93 bits per heavy atom. The van der Waals surface area contributed by atoms with E-state index in [4.69, 9.17) is 16.3 Å². The molecule has 2 N–H and O–H groups in total. The number of hydrogen-bond donors (Lipinski definition) is 2. The molecule has 0 aliphatic heterocycles. The zero-order valence-corrected chi connectivity index (χ0v) is 16.6. The third-order valence-electron chi connectivity index (χ3n) is 3.93. The Labute approximate surface area is 165 Å². The summed E-state index contributed by atoms with van der Waals surface area (Å²) in [6.45, 7) is 6.64. The molecule has 2 amide bonds. The van der Waals surface area contributed by atoms with Crippen molar-refractivity contribution in [1.82, 2.24) is 5.32 Å². The fraction of sp³-hybridized carbons (Fsp3) is 0.333. The van der Waals surface area contributed by atoms with Crippen LogP contribution in [0.15, 0.2) is 42.5 Å². The molecule has 6 heteroatoms. The number of anilines is 1. The van der Waals surface area contributed by atoms with Gasteiger partial charge in [0, 0.05) is 12.2 Å². The highest BCUT2D eigenvalue weighted by atomic mass is 35.5. The minimum atomic E-state index is -0.302. The molecule has 2 aromatic rings. The molecule has 0 fully saturated rings. The Balaban J connectivity index is 1.93. The summed E-state index contributed by atoms with van der Waals surface area (Å²) in [5.74, 6) is 0.507. The summed E-state index contributed by atoms with van der Waals surface area (Å²) in [7, 11) is 0. The van der Waals surface area contributed by atoms with Gasteiger partial charge in [0.15, 0.2) is 6.61 Å². The monoisotopic (exact) mass is 388 g/mol. The second kappa shape index (κ2) is 9.97. The molecule has 0 unspecified atom stereocenters. The van der Waals surface area contributed by atoms with Gasteiger partial charge in [-0.05, 0) is 48.2 Å². The van der Waals surface area contributed by atoms with Crippen LogP contribution in [-0.2, 0) is 4.79 Å². The zero-order valence-electron chi connectivity index (χ0n) is 15.8. The molecule has 0 spiro atoms. The van der Waals surface area contributed by atoms with Crippen LogP contribution in [0, 0.1) is 0 Å². The van der Waals surface area contributed by atoms with E-state index in [1.807, 2.05) is 31.2 Å². The standard InChI is InChI=1S/C21H25ClN2O3/c1-4-10-23-21(26)18-9-8-16(12-19(18)22)24-20(25)13-27-17-7-5-6-15(11-17)14(2)3/h5-9,11-12,14H,4,10,13H2,1-3H3,(H,23,26)(H,24,25). The largest absolute Gasteiger partial charge is 0.484 e. The first kappa shape index (κ1) is 20.8. The van der Waals surface area contributed by atoms with E-state index in [2.05, 4.69) is 24.5 Å². The van der Waals surface area contributed by atoms with E-state index < -0.39 is 0 Å². The molecule has 2 rings (SSSR count). The molecule has 0 aliphatic carbocycles. The van der Waals surface area contributed by atoms with Crippen molar-refractivity contribution in [3.63, 3.8) is 0 Å². The second-order valence-electron chi connectivity index (χ2n) is 6.51. The third-order valence-corrected chi connectivity index (χ3v) is 4.24. The SMILES string of the molecule is CCCNC(=O)c1ccc(NC(=O)COc2cccc(C(C)C)c2)cc1Cl. The van der Waals surface area contributed by atoms with E-state index in [0.29, 0.717) is 29.5 Å². The lowest BCUT2D eigenvalue weighted by Gasteiger charge is -2.11. The van der Waals surface area contributed by atoms with Crippen molar-refractivity contribution in [2.24, 2.45) is 0 Å². The van der Waals surface area contributed by atoms with E-state index in [0.717, 1.165) is 12.0 Å². The van der Waals surface area contributed by atoms with Crippen LogP contribution in [0.4, 0.5) is 5.69 Å². The molecule has 5 nitrogen and oxygen atoms in total. The van der Waals surface area contributed by atoms with Crippen LogP contribution in [0.1, 0.15) is 49.0 Å². The summed E-state index contributed by atoms with van der Waals surface area (Å²) < 4.78 is 5.56. The lowest BCUT2D eigenvalue weighted by Crippen LogP contribution is -2.24. The predicted octanol–water partition coefficient (Wildman–Crippen LogP) is 4.62. The van der Waals surface area contributed by atoms with Gasteiger partial charge in [-0.1, -0.05) is 44.5 Å². The van der Waals surface area contributed by atoms with Crippen molar-refractivity contribution in [3.8, 4) is 5.75 Å². The Bertz CT molecular complexity index is 806. The number of ether oxygens (including phenoxy) is 1. The van der Waals surface area contributed by atoms with Crippen LogP contribution in [-0.4, -0.2) is 25.0 Å². The minimum absolute atomic E-state index is 0.113. The molecule has 27 heavy (non-hydrogen) atoms. The van der Waals surface area contributed by atoms with E-state index in [1.165, 1.54) is 0 Å². The van der Waals surface area contributed by atoms with Gasteiger partial charge in [0.25, 0.3) is 11.8 Å². The van der Waals surface area contributed by atoms with Gasteiger partial charge < -0.3 is 15.4 Å². The summed E-state index contributed by atoms with van der Waals surface area (Å²) >= 11 is 6.16. The molecule has 0 saturated heterocycles. The smallest absolute Gasteiger partial charge is 0.262 e. The second-order valence-corrected chi connectivity index (χ2v) is 6.92. The number of hydrogen-bond acceptors (Lipinski definition) is 3. The number of benzene rings is 2. The molecule has 0 heterocycles. The van der Waals surface area contributed by atoms with Gasteiger partial charge in [0.1, 0.15) is 5.75 Å². The molecular formula is C21H25ClN2O3. The third kappa shape index (κ3) is 6.29. The van der Waals surface area contributed by atoms with Crippen LogP contribution in [0.5, 0.6) is 5.75 Å². The lowest BCUT2D eigenvalue weighted by molar-refractivity contribution is -0.118. The number of carbonyl (C=O) groups is 2. The normalized spacial score (nSPS) is 10.6. The molecule has 0 radical (unpaired) electrons. The van der Waals surface area contributed by atoms with Crippen molar-refractivity contribution in [3.05, 3.63) is 58.6 Å². The average Bonchev–Trinajstić information content (AvgIpc) is 2.64. The van der Waals surface area contributed by atoms with E-state index >= 15 is 0 Å². The van der Waals surface area contributed by atoms with E-state index in [9.17, 15) is 9.59 Å². The maximum Gasteiger partial charge on any atom is 0.262 e. The average molecular weight is 389 g/mol. The fourth-order valence-corrected chi connectivity index (χ4v) is 2.69. The Morgan fingerprint density at radius 3 is 2.59 bits per heavy atom. The van der Waals surface area contributed by atoms with Crippen LogP contribution in [0.25, 0.3) is 0 Å². The van der Waals surface area contributed by atoms with Crippen molar-refractivity contribution in [2.45, 2.75) is 33.1 Å². The first-order valence-corrected chi connectivity index (χ1v) is 9.38. The van der Waals surface area contributed by atoms with Crippen LogP contribution >= 0.6 is 11.6 Å². The molecule has 0 bridgehead atoms. The lowest BCUT2D eigenvalue weighted by atomic mass is 10.0. The highest BCUT2D eigenvalue weighted by molar-refractivity contribution is 6.34. The number of nitrogens with one attached hydrogen (secondary N) is 2. The van der Waals surface area contributed by atoms with Crippen LogP contribution in [0.3, 0.4) is 0 Å². The molecule has 0 aliphatic rings. The van der Waals surface area contributed by atoms with Crippen molar-refractivity contribution in [1.29, 1.82) is 0 Å². The Hall–Kier alpha value is -2.53. The summed E-state index contributed by atoms with van der Waals surface area (Å²) in [5.41, 5.74) is 2.04. The quantitative estimate of drug-likeness (QED) is 0.693. The van der Waals surface area contributed by atoms with Gasteiger partial charge in [0.2, 0.25) is 0 Å². The zero-order chi connectivity index (χ0) is 19.8. The molecule has 144 valence electrons. The summed E-state index contributed by atoms with van der Waals surface area (Å²) in [6.07, 6.45) is 0.845. The molecule has 0 saturated carbocycles. The Morgan fingerprint density at radius 1 is 1.15 bits per heavy atom. The first-order chi connectivity index (χ1) is 12.9. The number of carbonyl (C=O) groups excluding carboxylic acids is 2. The number of halogens is 1. The maximum absolute atomic E-state index is 12.1. The maximum atomic E-state index is 12.1. The van der Waals surface area contributed by atoms with Crippen molar-refractivity contribution >= 4 is 29.1 Å². The van der Waals surface area contributed by atoms with Crippen molar-refractivity contribution < 1.29 is 14.3 Å². The highest BCUT2D eigenvalue weighted by Crippen LogP contribution is 2.22.